The first-order valence-electron chi connectivity index (χ1n) is 10.8. The van der Waals surface area contributed by atoms with Crippen LogP contribution in [0.5, 0.6) is 0 Å². The lowest BCUT2D eigenvalue weighted by Gasteiger charge is -2.29. The molecule has 2 unspecified atom stereocenters. The minimum Gasteiger partial charge on any atom is -0.352 e. The minimum absolute atomic E-state index is 0.126. The van der Waals surface area contributed by atoms with Gasteiger partial charge < -0.3 is 5.32 Å². The number of alkyl halides is 3. The van der Waals surface area contributed by atoms with Gasteiger partial charge in [-0.25, -0.2) is 17.2 Å². The van der Waals surface area contributed by atoms with Crippen LogP contribution in [0.1, 0.15) is 49.4 Å². The number of anilines is 1. The highest BCUT2D eigenvalue weighted by Crippen LogP contribution is 2.55. The van der Waals surface area contributed by atoms with E-state index in [4.69, 9.17) is 0 Å². The Kier molecular flexibility index (Phi) is 6.73. The topological polar surface area (TPSA) is 75.3 Å². The van der Waals surface area contributed by atoms with Crippen molar-refractivity contribution in [3.05, 3.63) is 64.2 Å². The predicted octanol–water partition coefficient (Wildman–Crippen LogP) is 5.08. The van der Waals surface area contributed by atoms with E-state index in [9.17, 15) is 35.2 Å². The molecule has 0 radical (unpaired) electrons. The molecule has 1 aliphatic carbocycles. The summed E-state index contributed by atoms with van der Waals surface area (Å²) < 4.78 is 94.5. The summed E-state index contributed by atoms with van der Waals surface area (Å²) in [5.74, 6) is -3.56. The molecule has 0 aliphatic heterocycles. The fourth-order valence-corrected chi connectivity index (χ4v) is 4.80. The summed E-state index contributed by atoms with van der Waals surface area (Å²) in [6, 6.07) is 6.71. The van der Waals surface area contributed by atoms with Crippen LogP contribution in [-0.4, -0.2) is 26.8 Å². The normalized spacial score (nSPS) is 20.5. The maximum Gasteiger partial charge on any atom is 0.398 e. The maximum absolute atomic E-state index is 14.7. The molecule has 35 heavy (non-hydrogen) atoms. The van der Waals surface area contributed by atoms with Gasteiger partial charge in [0.1, 0.15) is 11.6 Å². The van der Waals surface area contributed by atoms with Crippen LogP contribution in [0.3, 0.4) is 0 Å². The van der Waals surface area contributed by atoms with Crippen LogP contribution in [0.15, 0.2) is 30.3 Å². The van der Waals surface area contributed by atoms with E-state index in [2.05, 4.69) is 10.0 Å². The van der Waals surface area contributed by atoms with Crippen LogP contribution in [-0.2, 0) is 32.2 Å². The fourth-order valence-electron chi connectivity index (χ4n) is 4.17. The Bertz CT molecular complexity index is 1250. The Morgan fingerprint density at radius 2 is 1.69 bits per heavy atom. The Balaban J connectivity index is 1.72. The highest BCUT2D eigenvalue weighted by molar-refractivity contribution is 7.92. The summed E-state index contributed by atoms with van der Waals surface area (Å²) in [5, 5.41) is 2.75. The first kappa shape index (κ1) is 26.9. The molecule has 2 aromatic rings. The molecule has 2 aromatic carbocycles. The summed E-state index contributed by atoms with van der Waals surface area (Å²) >= 11 is 0. The van der Waals surface area contributed by atoms with E-state index in [0.717, 1.165) is 32.2 Å². The summed E-state index contributed by atoms with van der Waals surface area (Å²) in [5.41, 5.74) is -2.76. The van der Waals surface area contributed by atoms with Gasteiger partial charge >= 0.3 is 6.18 Å². The smallest absolute Gasteiger partial charge is 0.352 e. The molecule has 192 valence electrons. The monoisotopic (exact) mass is 518 g/mol. The van der Waals surface area contributed by atoms with Gasteiger partial charge in [0.25, 0.3) is 0 Å². The number of amides is 1. The second-order valence-corrected chi connectivity index (χ2v) is 11.6. The number of carbonyl (C=O) groups is 1. The Morgan fingerprint density at radius 3 is 2.17 bits per heavy atom. The molecule has 5 nitrogen and oxygen atoms in total. The fraction of sp³-hybridized carbons (Fsp3) is 0.458. The van der Waals surface area contributed by atoms with Gasteiger partial charge in [-0.05, 0) is 62.1 Å². The number of aryl methyl sites for hydroxylation is 1. The number of hydrogen-bond donors (Lipinski definition) is 2. The van der Waals surface area contributed by atoms with Crippen molar-refractivity contribution in [3.63, 3.8) is 0 Å². The summed E-state index contributed by atoms with van der Waals surface area (Å²) in [7, 11) is -3.43. The molecule has 1 aliphatic rings. The number of rotatable bonds is 7. The van der Waals surface area contributed by atoms with Gasteiger partial charge in [-0.15, -0.1) is 0 Å². The lowest BCUT2D eigenvalue weighted by molar-refractivity contribution is -0.181. The zero-order chi connectivity index (χ0) is 26.6. The second kappa shape index (κ2) is 8.76. The predicted molar refractivity (Wildman–Crippen MR) is 122 cm³/mol. The Morgan fingerprint density at radius 1 is 1.11 bits per heavy atom. The molecule has 3 rings (SSSR count). The Hall–Kier alpha value is -2.69. The average Bonchev–Trinajstić information content (AvgIpc) is 3.38. The molecule has 11 heteroatoms. The summed E-state index contributed by atoms with van der Waals surface area (Å²) in [6.07, 6.45) is -3.52. The summed E-state index contributed by atoms with van der Waals surface area (Å²) in [4.78, 5) is 12.7. The third-order valence-electron chi connectivity index (χ3n) is 6.64. The SMILES string of the molecule is Cc1cc(CNC(=O)C2CC2(C)c2cc(F)c(C(C)(C)C(F)(F)F)c(F)c2)ccc1NS(C)(=O)=O. The van der Waals surface area contributed by atoms with E-state index >= 15 is 0 Å². The molecular weight excluding hydrogens is 491 g/mol. The van der Waals surface area contributed by atoms with Crippen LogP contribution in [0.25, 0.3) is 0 Å². The van der Waals surface area contributed by atoms with Crippen LogP contribution in [0.4, 0.5) is 27.6 Å². The van der Waals surface area contributed by atoms with Crippen molar-refractivity contribution in [2.45, 2.75) is 57.7 Å². The van der Waals surface area contributed by atoms with Crippen molar-refractivity contribution in [3.8, 4) is 0 Å². The van der Waals surface area contributed by atoms with Crippen LogP contribution >= 0.6 is 0 Å². The molecular formula is C24H27F5N2O3S. The van der Waals surface area contributed by atoms with E-state index in [-0.39, 0.29) is 24.4 Å². The van der Waals surface area contributed by atoms with Gasteiger partial charge in [-0.2, -0.15) is 13.2 Å². The van der Waals surface area contributed by atoms with E-state index < -0.39 is 50.1 Å². The average molecular weight is 519 g/mol. The largest absolute Gasteiger partial charge is 0.398 e. The molecule has 1 saturated carbocycles. The lowest BCUT2D eigenvalue weighted by atomic mass is 9.81. The van der Waals surface area contributed by atoms with Crippen molar-refractivity contribution in [2.75, 3.05) is 11.0 Å². The number of hydrogen-bond acceptors (Lipinski definition) is 3. The van der Waals surface area contributed by atoms with Crippen molar-refractivity contribution in [2.24, 2.45) is 5.92 Å². The van der Waals surface area contributed by atoms with Crippen molar-refractivity contribution in [1.29, 1.82) is 0 Å². The highest BCUT2D eigenvalue weighted by atomic mass is 32.2. The quantitative estimate of drug-likeness (QED) is 0.502. The van der Waals surface area contributed by atoms with Gasteiger partial charge in [0.2, 0.25) is 15.9 Å². The standard InChI is InChI=1S/C24H27F5N2O3S/c1-13-8-14(6-7-19(13)31-35(5,33)34)12-30-21(32)16-11-23(16,4)15-9-17(25)20(18(26)10-15)22(2,3)24(27,28)29/h6-10,16,31H,11-12H2,1-5H3,(H,30,32). The zero-order valence-corrected chi connectivity index (χ0v) is 20.7. The van der Waals surface area contributed by atoms with Gasteiger partial charge in [0.05, 0.1) is 17.4 Å². The van der Waals surface area contributed by atoms with Crippen LogP contribution < -0.4 is 10.0 Å². The zero-order valence-electron chi connectivity index (χ0n) is 19.9. The minimum atomic E-state index is -4.85. The van der Waals surface area contributed by atoms with E-state index in [1.165, 1.54) is 0 Å². The molecule has 0 saturated heterocycles. The lowest BCUT2D eigenvalue weighted by Crippen LogP contribution is -2.38. The van der Waals surface area contributed by atoms with E-state index in [0.29, 0.717) is 16.8 Å². The molecule has 0 heterocycles. The van der Waals surface area contributed by atoms with Gasteiger partial charge in [0, 0.05) is 23.4 Å². The molecule has 0 bridgehead atoms. The van der Waals surface area contributed by atoms with Crippen LogP contribution in [0, 0.1) is 24.5 Å². The number of benzene rings is 2. The van der Waals surface area contributed by atoms with Gasteiger partial charge in [-0.1, -0.05) is 19.1 Å². The summed E-state index contributed by atoms with van der Waals surface area (Å²) in [6.45, 7) is 4.93. The van der Waals surface area contributed by atoms with Gasteiger partial charge in [0.15, 0.2) is 0 Å². The van der Waals surface area contributed by atoms with Gasteiger partial charge in [-0.3, -0.25) is 9.52 Å². The molecule has 0 aromatic heterocycles. The van der Waals surface area contributed by atoms with Crippen LogP contribution in [0.2, 0.25) is 0 Å². The third-order valence-corrected chi connectivity index (χ3v) is 7.23. The number of sulfonamides is 1. The van der Waals surface area contributed by atoms with Crippen molar-refractivity contribution < 1.29 is 35.2 Å². The van der Waals surface area contributed by atoms with E-state index in [1.807, 2.05) is 0 Å². The Labute approximate surface area is 201 Å². The molecule has 0 spiro atoms. The first-order valence-corrected chi connectivity index (χ1v) is 12.7. The molecule has 1 fully saturated rings. The van der Waals surface area contributed by atoms with Crippen molar-refractivity contribution in [1.82, 2.24) is 5.32 Å². The molecule has 1 amide bonds. The molecule has 2 atom stereocenters. The third kappa shape index (κ3) is 5.44. The van der Waals surface area contributed by atoms with Crippen molar-refractivity contribution >= 4 is 21.6 Å². The maximum atomic E-state index is 14.7. The number of halogens is 5. The number of nitrogens with one attached hydrogen (secondary N) is 2. The van der Waals surface area contributed by atoms with E-state index in [1.54, 1.807) is 32.0 Å². The second-order valence-electron chi connectivity index (χ2n) is 9.85. The highest BCUT2D eigenvalue weighted by Gasteiger charge is 2.57. The first-order chi connectivity index (χ1) is 15.9. The number of carbonyl (C=O) groups excluding carboxylic acids is 1. The molecule has 2 N–H and O–H groups in total.